The van der Waals surface area contributed by atoms with Crippen LogP contribution < -0.4 is 0 Å². The fourth-order valence-corrected chi connectivity index (χ4v) is 4.07. The number of rotatable bonds is 0. The van der Waals surface area contributed by atoms with E-state index in [4.69, 9.17) is 4.74 Å². The van der Waals surface area contributed by atoms with Gasteiger partial charge < -0.3 is 4.74 Å². The van der Waals surface area contributed by atoms with Gasteiger partial charge >= 0.3 is 5.97 Å². The quantitative estimate of drug-likeness (QED) is 0.364. The Morgan fingerprint density at radius 3 is 2.76 bits per heavy atom. The van der Waals surface area contributed by atoms with Gasteiger partial charge in [-0.05, 0) is 37.5 Å². The first-order valence-electron chi connectivity index (χ1n) is 6.67. The molecule has 2 saturated carbocycles. The normalized spacial score (nSPS) is 45.2. The second kappa shape index (κ2) is 3.72. The highest BCUT2D eigenvalue weighted by molar-refractivity contribution is 5.90. The predicted molar refractivity (Wildman–Crippen MR) is 66.3 cm³/mol. The first kappa shape index (κ1) is 11.1. The maximum Gasteiger partial charge on any atom is 0.334 e. The van der Waals surface area contributed by atoms with Gasteiger partial charge in [-0.25, -0.2) is 4.79 Å². The van der Waals surface area contributed by atoms with Crippen LogP contribution in [-0.4, -0.2) is 12.1 Å². The van der Waals surface area contributed by atoms with Crippen molar-refractivity contribution in [3.8, 4) is 0 Å². The number of ether oxygens (including phenoxy) is 1. The van der Waals surface area contributed by atoms with Crippen LogP contribution in [0.15, 0.2) is 24.3 Å². The van der Waals surface area contributed by atoms with Crippen molar-refractivity contribution in [1.82, 2.24) is 0 Å². The van der Waals surface area contributed by atoms with Gasteiger partial charge in [0.2, 0.25) is 0 Å². The molecule has 0 aromatic rings. The SMILES string of the molecule is C=C1C(=O)OC2C1CCC(C)C1CCC(=C)C12. The van der Waals surface area contributed by atoms with E-state index in [2.05, 4.69) is 20.1 Å². The number of fused-ring (bicyclic) bond motifs is 3. The van der Waals surface area contributed by atoms with E-state index < -0.39 is 0 Å². The number of hydrogen-bond donors (Lipinski definition) is 0. The molecule has 0 bridgehead atoms. The standard InChI is InChI=1S/C15H20O2/c1-8-4-7-12-10(3)15(16)17-14(12)13-9(2)5-6-11(8)13/h8,11-14H,2-7H2,1H3. The van der Waals surface area contributed by atoms with Crippen molar-refractivity contribution in [1.29, 1.82) is 0 Å². The van der Waals surface area contributed by atoms with E-state index in [1.807, 2.05) is 0 Å². The van der Waals surface area contributed by atoms with E-state index in [9.17, 15) is 4.79 Å². The summed E-state index contributed by atoms with van der Waals surface area (Å²) in [5, 5.41) is 0. The third-order valence-corrected chi connectivity index (χ3v) is 5.10. The molecule has 0 N–H and O–H groups in total. The highest BCUT2D eigenvalue weighted by Gasteiger charge is 2.51. The Morgan fingerprint density at radius 2 is 2.00 bits per heavy atom. The maximum atomic E-state index is 11.7. The topological polar surface area (TPSA) is 26.3 Å². The van der Waals surface area contributed by atoms with Crippen LogP contribution in [0.25, 0.3) is 0 Å². The third-order valence-electron chi connectivity index (χ3n) is 5.10. The molecule has 1 heterocycles. The van der Waals surface area contributed by atoms with Crippen LogP contribution in [0.4, 0.5) is 0 Å². The van der Waals surface area contributed by atoms with Crippen LogP contribution in [0.3, 0.4) is 0 Å². The smallest absolute Gasteiger partial charge is 0.334 e. The third kappa shape index (κ3) is 1.50. The lowest BCUT2D eigenvalue weighted by Crippen LogP contribution is -2.29. The van der Waals surface area contributed by atoms with E-state index in [0.717, 1.165) is 18.8 Å². The van der Waals surface area contributed by atoms with Gasteiger partial charge in [0.15, 0.2) is 0 Å². The zero-order valence-electron chi connectivity index (χ0n) is 10.4. The Labute approximate surface area is 103 Å². The van der Waals surface area contributed by atoms with Crippen molar-refractivity contribution < 1.29 is 9.53 Å². The second-order valence-corrected chi connectivity index (χ2v) is 5.94. The van der Waals surface area contributed by atoms with Crippen LogP contribution in [0, 0.1) is 23.7 Å². The molecule has 0 spiro atoms. The summed E-state index contributed by atoms with van der Waals surface area (Å²) in [6, 6.07) is 0. The average Bonchev–Trinajstić information content (AvgIpc) is 2.75. The van der Waals surface area contributed by atoms with Gasteiger partial charge in [-0.15, -0.1) is 0 Å². The van der Waals surface area contributed by atoms with Gasteiger partial charge in [-0.1, -0.05) is 25.7 Å². The largest absolute Gasteiger partial charge is 0.458 e. The van der Waals surface area contributed by atoms with E-state index >= 15 is 0 Å². The van der Waals surface area contributed by atoms with Crippen molar-refractivity contribution in [2.45, 2.75) is 38.7 Å². The van der Waals surface area contributed by atoms with E-state index in [0.29, 0.717) is 17.4 Å². The van der Waals surface area contributed by atoms with Crippen LogP contribution in [0.1, 0.15) is 32.6 Å². The maximum absolute atomic E-state index is 11.7. The summed E-state index contributed by atoms with van der Waals surface area (Å²) in [7, 11) is 0. The zero-order chi connectivity index (χ0) is 12.2. The average molecular weight is 232 g/mol. The molecule has 3 aliphatic rings. The molecule has 0 amide bonds. The van der Waals surface area contributed by atoms with Crippen molar-refractivity contribution in [3.05, 3.63) is 24.3 Å². The summed E-state index contributed by atoms with van der Waals surface area (Å²) < 4.78 is 5.59. The fraction of sp³-hybridized carbons (Fsp3) is 0.667. The van der Waals surface area contributed by atoms with Gasteiger partial charge in [0.25, 0.3) is 0 Å². The summed E-state index contributed by atoms with van der Waals surface area (Å²) in [6.07, 6.45) is 4.60. The molecule has 92 valence electrons. The summed E-state index contributed by atoms with van der Waals surface area (Å²) >= 11 is 0. The lowest BCUT2D eigenvalue weighted by Gasteiger charge is -2.27. The van der Waals surface area contributed by atoms with Crippen LogP contribution >= 0.6 is 0 Å². The minimum absolute atomic E-state index is 0.0416. The molecule has 0 aromatic carbocycles. The Morgan fingerprint density at radius 1 is 1.24 bits per heavy atom. The van der Waals surface area contributed by atoms with Crippen molar-refractivity contribution >= 4 is 5.97 Å². The first-order valence-corrected chi connectivity index (χ1v) is 6.67. The van der Waals surface area contributed by atoms with E-state index in [-0.39, 0.29) is 18.0 Å². The zero-order valence-corrected chi connectivity index (χ0v) is 10.4. The lowest BCUT2D eigenvalue weighted by molar-refractivity contribution is -0.141. The molecule has 3 rings (SSSR count). The van der Waals surface area contributed by atoms with Crippen molar-refractivity contribution in [2.75, 3.05) is 0 Å². The summed E-state index contributed by atoms with van der Waals surface area (Å²) in [5.41, 5.74) is 1.99. The monoisotopic (exact) mass is 232 g/mol. The minimum atomic E-state index is -0.173. The number of carbonyl (C=O) groups excluding carboxylic acids is 1. The lowest BCUT2D eigenvalue weighted by atomic mass is 9.80. The Hall–Kier alpha value is -1.05. The van der Waals surface area contributed by atoms with Crippen molar-refractivity contribution in [2.24, 2.45) is 23.7 Å². The van der Waals surface area contributed by atoms with Crippen LogP contribution in [0.2, 0.25) is 0 Å². The molecule has 0 aromatic heterocycles. The molecule has 1 saturated heterocycles. The molecule has 1 aliphatic heterocycles. The van der Waals surface area contributed by atoms with Gasteiger partial charge in [-0.2, -0.15) is 0 Å². The van der Waals surface area contributed by atoms with E-state index in [1.54, 1.807) is 0 Å². The molecule has 5 unspecified atom stereocenters. The molecule has 17 heavy (non-hydrogen) atoms. The van der Waals surface area contributed by atoms with Gasteiger partial charge in [0, 0.05) is 17.4 Å². The molecule has 2 aliphatic carbocycles. The number of esters is 1. The van der Waals surface area contributed by atoms with Gasteiger partial charge in [0.05, 0.1) is 0 Å². The summed E-state index contributed by atoms with van der Waals surface area (Å²) in [4.78, 5) is 11.7. The Kier molecular flexibility index (Phi) is 2.42. The summed E-state index contributed by atoms with van der Waals surface area (Å²) in [5.74, 6) is 1.84. The van der Waals surface area contributed by atoms with Crippen molar-refractivity contribution in [3.63, 3.8) is 0 Å². The highest BCUT2D eigenvalue weighted by atomic mass is 16.6. The molecular formula is C15H20O2. The molecule has 3 fully saturated rings. The number of carbonyl (C=O) groups is 1. The molecule has 0 radical (unpaired) electrons. The van der Waals surface area contributed by atoms with Gasteiger partial charge in [0.1, 0.15) is 6.10 Å². The van der Waals surface area contributed by atoms with Crippen LogP contribution in [0.5, 0.6) is 0 Å². The van der Waals surface area contributed by atoms with Gasteiger partial charge in [-0.3, -0.25) is 0 Å². The molecule has 2 nitrogen and oxygen atoms in total. The van der Waals surface area contributed by atoms with Crippen LogP contribution in [-0.2, 0) is 9.53 Å². The fourth-order valence-electron chi connectivity index (χ4n) is 4.07. The minimum Gasteiger partial charge on any atom is -0.458 e. The first-order chi connectivity index (χ1) is 8.09. The second-order valence-electron chi connectivity index (χ2n) is 5.94. The van der Waals surface area contributed by atoms with E-state index in [1.165, 1.54) is 18.4 Å². The molecular weight excluding hydrogens is 212 g/mol. The molecule has 2 heteroatoms. The predicted octanol–water partition coefficient (Wildman–Crippen LogP) is 3.10. The Bertz CT molecular complexity index is 396. The summed E-state index contributed by atoms with van der Waals surface area (Å²) in [6.45, 7) is 10.5. The highest BCUT2D eigenvalue weighted by Crippen LogP contribution is 2.52. The molecule has 5 atom stereocenters. The number of hydrogen-bond acceptors (Lipinski definition) is 2. The Balaban J connectivity index is 1.97.